The highest BCUT2D eigenvalue weighted by Crippen LogP contribution is 2.22. The van der Waals surface area contributed by atoms with Gasteiger partial charge in [-0.2, -0.15) is 0 Å². The van der Waals surface area contributed by atoms with Crippen molar-refractivity contribution in [1.82, 2.24) is 16.2 Å². The topological polar surface area (TPSA) is 109 Å². The highest BCUT2D eigenvalue weighted by molar-refractivity contribution is 7.12. The first-order valence-corrected chi connectivity index (χ1v) is 9.60. The van der Waals surface area contributed by atoms with Crippen molar-refractivity contribution in [2.45, 2.75) is 19.9 Å². The average molecular weight is 404 g/mol. The van der Waals surface area contributed by atoms with Gasteiger partial charge in [-0.1, -0.05) is 32.0 Å². The van der Waals surface area contributed by atoms with Crippen LogP contribution in [0, 0.1) is 5.92 Å². The molecule has 0 aliphatic rings. The van der Waals surface area contributed by atoms with E-state index in [4.69, 9.17) is 4.74 Å². The lowest BCUT2D eigenvalue weighted by Gasteiger charge is -2.21. The maximum Gasteiger partial charge on any atom is 0.262 e. The Morgan fingerprint density at radius 1 is 1.07 bits per heavy atom. The first-order valence-electron chi connectivity index (χ1n) is 8.72. The van der Waals surface area contributed by atoms with E-state index in [1.807, 2.05) is 26.0 Å². The van der Waals surface area contributed by atoms with Gasteiger partial charge < -0.3 is 15.4 Å². The lowest BCUT2D eigenvalue weighted by molar-refractivity contribution is -0.129. The third kappa shape index (κ3) is 5.98. The summed E-state index contributed by atoms with van der Waals surface area (Å²) in [6.45, 7) is 3.56. The lowest BCUT2D eigenvalue weighted by atomic mass is 10.0. The zero-order chi connectivity index (χ0) is 20.5. The molecule has 0 saturated carbocycles. The van der Waals surface area contributed by atoms with Gasteiger partial charge in [0.05, 0.1) is 24.2 Å². The summed E-state index contributed by atoms with van der Waals surface area (Å²) < 4.78 is 5.20. The number of benzene rings is 1. The first-order chi connectivity index (χ1) is 13.4. The Labute approximate surface area is 167 Å². The quantitative estimate of drug-likeness (QED) is 0.502. The number of hydrogen-bond donors (Lipinski definition) is 4. The number of hydrogen-bond acceptors (Lipinski definition) is 6. The van der Waals surface area contributed by atoms with E-state index in [2.05, 4.69) is 21.5 Å². The monoisotopic (exact) mass is 404 g/mol. The standard InChI is InChI=1S/C19H24N4O4S/c1-12(2)17(21-18(25)15-9-6-10-28-15)19(26)23-22-16(24)11-20-13-7-4-5-8-14(13)27-3/h4-10,12,17,20H,11H2,1-3H3,(H,21,25)(H,22,24)(H,23,26). The Morgan fingerprint density at radius 2 is 1.82 bits per heavy atom. The van der Waals surface area contributed by atoms with Crippen LogP contribution in [0.15, 0.2) is 41.8 Å². The van der Waals surface area contributed by atoms with Gasteiger partial charge in [0.1, 0.15) is 11.8 Å². The van der Waals surface area contributed by atoms with Crippen molar-refractivity contribution in [3.05, 3.63) is 46.7 Å². The van der Waals surface area contributed by atoms with Crippen molar-refractivity contribution in [2.24, 2.45) is 5.92 Å². The Bertz CT molecular complexity index is 808. The lowest BCUT2D eigenvalue weighted by Crippen LogP contribution is -2.55. The van der Waals surface area contributed by atoms with E-state index in [1.54, 1.807) is 29.6 Å². The molecule has 2 aromatic rings. The number of nitrogens with one attached hydrogen (secondary N) is 4. The number of anilines is 1. The van der Waals surface area contributed by atoms with Gasteiger partial charge in [-0.05, 0) is 29.5 Å². The second-order valence-electron chi connectivity index (χ2n) is 6.26. The van der Waals surface area contributed by atoms with Crippen LogP contribution in [-0.2, 0) is 9.59 Å². The van der Waals surface area contributed by atoms with Crippen molar-refractivity contribution >= 4 is 34.7 Å². The molecule has 0 aliphatic carbocycles. The summed E-state index contributed by atoms with van der Waals surface area (Å²) >= 11 is 1.29. The molecule has 1 heterocycles. The maximum absolute atomic E-state index is 12.4. The number of carbonyl (C=O) groups excluding carboxylic acids is 3. The molecule has 0 fully saturated rings. The fraction of sp³-hybridized carbons (Fsp3) is 0.316. The molecule has 0 saturated heterocycles. The molecule has 4 N–H and O–H groups in total. The van der Waals surface area contributed by atoms with Crippen molar-refractivity contribution in [3.63, 3.8) is 0 Å². The van der Waals surface area contributed by atoms with Crippen LogP contribution in [0.4, 0.5) is 5.69 Å². The van der Waals surface area contributed by atoms with Gasteiger partial charge in [0.15, 0.2) is 0 Å². The van der Waals surface area contributed by atoms with Crippen LogP contribution in [0.5, 0.6) is 5.75 Å². The maximum atomic E-state index is 12.4. The third-order valence-corrected chi connectivity index (χ3v) is 4.72. The largest absolute Gasteiger partial charge is 0.495 e. The van der Waals surface area contributed by atoms with E-state index < -0.39 is 17.9 Å². The van der Waals surface area contributed by atoms with Crippen molar-refractivity contribution in [2.75, 3.05) is 19.0 Å². The molecular weight excluding hydrogens is 380 g/mol. The van der Waals surface area contributed by atoms with E-state index in [1.165, 1.54) is 18.4 Å². The predicted octanol–water partition coefficient (Wildman–Crippen LogP) is 1.77. The second kappa shape index (κ2) is 10.3. The molecule has 0 aliphatic heterocycles. The summed E-state index contributed by atoms with van der Waals surface area (Å²) in [6, 6.07) is 9.84. The highest BCUT2D eigenvalue weighted by atomic mass is 32.1. The van der Waals surface area contributed by atoms with Gasteiger partial charge in [0.25, 0.3) is 17.7 Å². The normalized spacial score (nSPS) is 11.4. The van der Waals surface area contributed by atoms with E-state index in [9.17, 15) is 14.4 Å². The molecule has 2 rings (SSSR count). The van der Waals surface area contributed by atoms with Crippen LogP contribution in [0.1, 0.15) is 23.5 Å². The summed E-state index contributed by atoms with van der Waals surface area (Å²) in [4.78, 5) is 37.1. The number of thiophene rings is 1. The zero-order valence-corrected chi connectivity index (χ0v) is 16.8. The molecule has 1 atom stereocenters. The minimum atomic E-state index is -0.780. The van der Waals surface area contributed by atoms with Crippen LogP contribution in [0.2, 0.25) is 0 Å². The number of amides is 3. The Hall–Kier alpha value is -3.07. The van der Waals surface area contributed by atoms with Crippen LogP contribution in [0.3, 0.4) is 0 Å². The van der Waals surface area contributed by atoms with Crippen LogP contribution in [-0.4, -0.2) is 37.4 Å². The van der Waals surface area contributed by atoms with E-state index in [-0.39, 0.29) is 18.4 Å². The Morgan fingerprint density at radius 3 is 2.46 bits per heavy atom. The SMILES string of the molecule is COc1ccccc1NCC(=O)NNC(=O)C(NC(=O)c1cccs1)C(C)C. The average Bonchev–Trinajstić information content (AvgIpc) is 3.23. The molecule has 1 aromatic heterocycles. The van der Waals surface area contributed by atoms with Gasteiger partial charge in [0.2, 0.25) is 0 Å². The predicted molar refractivity (Wildman–Crippen MR) is 108 cm³/mol. The van der Waals surface area contributed by atoms with Gasteiger partial charge >= 0.3 is 0 Å². The molecule has 0 bridgehead atoms. The molecule has 1 aromatic carbocycles. The molecule has 28 heavy (non-hydrogen) atoms. The minimum Gasteiger partial charge on any atom is -0.495 e. The van der Waals surface area contributed by atoms with Crippen LogP contribution in [0.25, 0.3) is 0 Å². The van der Waals surface area contributed by atoms with E-state index >= 15 is 0 Å². The minimum absolute atomic E-state index is 0.0610. The van der Waals surface area contributed by atoms with E-state index in [0.29, 0.717) is 16.3 Å². The van der Waals surface area contributed by atoms with Crippen LogP contribution >= 0.6 is 11.3 Å². The molecule has 1 unspecified atom stereocenters. The molecule has 0 spiro atoms. The number of carbonyl (C=O) groups is 3. The van der Waals surface area contributed by atoms with Gasteiger partial charge in [0, 0.05) is 0 Å². The van der Waals surface area contributed by atoms with Crippen molar-refractivity contribution in [1.29, 1.82) is 0 Å². The van der Waals surface area contributed by atoms with Gasteiger partial charge in [-0.15, -0.1) is 11.3 Å². The molecule has 9 heteroatoms. The summed E-state index contributed by atoms with van der Waals surface area (Å²) in [5.74, 6) is -0.812. The molecular formula is C19H24N4O4S. The Kier molecular flexibility index (Phi) is 7.82. The number of para-hydroxylation sites is 2. The summed E-state index contributed by atoms with van der Waals surface area (Å²) in [5, 5.41) is 7.41. The smallest absolute Gasteiger partial charge is 0.262 e. The highest BCUT2D eigenvalue weighted by Gasteiger charge is 2.25. The van der Waals surface area contributed by atoms with Crippen LogP contribution < -0.4 is 26.2 Å². The third-order valence-electron chi connectivity index (χ3n) is 3.85. The van der Waals surface area contributed by atoms with E-state index in [0.717, 1.165) is 0 Å². The summed E-state index contributed by atoms with van der Waals surface area (Å²) in [5.41, 5.74) is 5.36. The molecule has 0 radical (unpaired) electrons. The molecule has 8 nitrogen and oxygen atoms in total. The number of methoxy groups -OCH3 is 1. The number of ether oxygens (including phenoxy) is 1. The van der Waals surface area contributed by atoms with Crippen molar-refractivity contribution in [3.8, 4) is 5.75 Å². The zero-order valence-electron chi connectivity index (χ0n) is 15.9. The summed E-state index contributed by atoms with van der Waals surface area (Å²) in [7, 11) is 1.54. The fourth-order valence-corrected chi connectivity index (χ4v) is 3.00. The summed E-state index contributed by atoms with van der Waals surface area (Å²) in [6.07, 6.45) is 0. The number of hydrazine groups is 1. The first kappa shape index (κ1) is 21.2. The fourth-order valence-electron chi connectivity index (χ4n) is 2.37. The van der Waals surface area contributed by atoms with Gasteiger partial charge in [-0.3, -0.25) is 25.2 Å². The van der Waals surface area contributed by atoms with Crippen molar-refractivity contribution < 1.29 is 19.1 Å². The molecule has 150 valence electrons. The Balaban J connectivity index is 1.84. The van der Waals surface area contributed by atoms with Gasteiger partial charge in [-0.25, -0.2) is 0 Å². The second-order valence-corrected chi connectivity index (χ2v) is 7.21. The number of rotatable bonds is 8. The molecule has 3 amide bonds.